The molecule has 3 N–H and O–H groups in total. The monoisotopic (exact) mass is 392 g/mol. The van der Waals surface area contributed by atoms with Crippen LogP contribution in [0.5, 0.6) is 0 Å². The van der Waals surface area contributed by atoms with E-state index in [2.05, 4.69) is 25.5 Å². The van der Waals surface area contributed by atoms with E-state index < -0.39 is 5.82 Å². The summed E-state index contributed by atoms with van der Waals surface area (Å²) >= 11 is 0. The Kier molecular flexibility index (Phi) is 5.35. The standard InChI is InChI=1S/C21H21FN6O/c1-2-28(19-5-3-4-18-16(19)12-24-27-18)20-17(22)13-23-21(26-20)25-15-8-6-14(7-9-15)10-11-29/h3-9,12-13,29H,2,10-11H2,1H3,(H,24,27)(H,23,25,26). The fourth-order valence-electron chi connectivity index (χ4n) is 3.24. The molecule has 0 atom stereocenters. The second-order valence-electron chi connectivity index (χ2n) is 6.51. The van der Waals surface area contributed by atoms with Gasteiger partial charge in [-0.1, -0.05) is 18.2 Å². The Balaban J connectivity index is 1.66. The Morgan fingerprint density at radius 2 is 1.97 bits per heavy atom. The predicted octanol–water partition coefficient (Wildman–Crippen LogP) is 3.93. The van der Waals surface area contributed by atoms with Crippen molar-refractivity contribution in [1.29, 1.82) is 0 Å². The van der Waals surface area contributed by atoms with Crippen LogP contribution in [0.25, 0.3) is 10.9 Å². The average molecular weight is 392 g/mol. The highest BCUT2D eigenvalue weighted by molar-refractivity contribution is 5.93. The molecule has 2 aromatic heterocycles. The number of aromatic amines is 1. The Morgan fingerprint density at radius 1 is 1.14 bits per heavy atom. The van der Waals surface area contributed by atoms with Crippen molar-refractivity contribution in [2.45, 2.75) is 13.3 Å². The second kappa shape index (κ2) is 8.24. The van der Waals surface area contributed by atoms with Crippen LogP contribution in [-0.2, 0) is 6.42 Å². The molecule has 0 saturated carbocycles. The van der Waals surface area contributed by atoms with E-state index in [1.807, 2.05) is 49.4 Å². The second-order valence-corrected chi connectivity index (χ2v) is 6.51. The number of aliphatic hydroxyl groups is 1. The molecular formula is C21H21FN6O. The molecule has 2 heterocycles. The van der Waals surface area contributed by atoms with E-state index in [1.54, 1.807) is 11.1 Å². The largest absolute Gasteiger partial charge is 0.396 e. The van der Waals surface area contributed by atoms with Gasteiger partial charge in [0.2, 0.25) is 5.95 Å². The lowest BCUT2D eigenvalue weighted by molar-refractivity contribution is 0.299. The van der Waals surface area contributed by atoms with Gasteiger partial charge in [0.1, 0.15) is 0 Å². The van der Waals surface area contributed by atoms with Crippen molar-refractivity contribution in [3.63, 3.8) is 0 Å². The van der Waals surface area contributed by atoms with Gasteiger partial charge >= 0.3 is 0 Å². The molecule has 7 nitrogen and oxygen atoms in total. The number of halogens is 1. The van der Waals surface area contributed by atoms with Gasteiger partial charge < -0.3 is 15.3 Å². The van der Waals surface area contributed by atoms with Crippen molar-refractivity contribution < 1.29 is 9.50 Å². The topological polar surface area (TPSA) is 90.0 Å². The summed E-state index contributed by atoms with van der Waals surface area (Å²) in [5.74, 6) is -0.0130. The van der Waals surface area contributed by atoms with Crippen LogP contribution in [0.3, 0.4) is 0 Å². The van der Waals surface area contributed by atoms with Crippen LogP contribution in [0, 0.1) is 5.82 Å². The minimum absolute atomic E-state index is 0.105. The van der Waals surface area contributed by atoms with E-state index >= 15 is 0 Å². The number of H-pyrrole nitrogens is 1. The van der Waals surface area contributed by atoms with Crippen LogP contribution < -0.4 is 10.2 Å². The SMILES string of the molecule is CCN(c1nc(Nc2ccc(CCO)cc2)ncc1F)c1cccc2[nH]ncc12. The van der Waals surface area contributed by atoms with Gasteiger partial charge in [-0.05, 0) is 43.2 Å². The number of hydrogen-bond acceptors (Lipinski definition) is 6. The van der Waals surface area contributed by atoms with Crippen molar-refractivity contribution in [3.05, 3.63) is 66.2 Å². The number of nitrogens with zero attached hydrogens (tertiary/aromatic N) is 4. The van der Waals surface area contributed by atoms with Crippen LogP contribution in [0.4, 0.5) is 27.5 Å². The van der Waals surface area contributed by atoms with Gasteiger partial charge in [0.25, 0.3) is 0 Å². The lowest BCUT2D eigenvalue weighted by atomic mass is 10.1. The molecule has 4 rings (SSSR count). The lowest BCUT2D eigenvalue weighted by Crippen LogP contribution is -2.20. The summed E-state index contributed by atoms with van der Waals surface area (Å²) in [6, 6.07) is 13.3. The summed E-state index contributed by atoms with van der Waals surface area (Å²) in [5, 5.41) is 20.0. The molecule has 0 amide bonds. The summed E-state index contributed by atoms with van der Waals surface area (Å²) in [4.78, 5) is 10.3. The first-order valence-corrected chi connectivity index (χ1v) is 9.38. The quantitative estimate of drug-likeness (QED) is 0.442. The van der Waals surface area contributed by atoms with Crippen LogP contribution in [0.1, 0.15) is 12.5 Å². The van der Waals surface area contributed by atoms with E-state index in [-0.39, 0.29) is 12.4 Å². The summed E-state index contributed by atoms with van der Waals surface area (Å²) in [5.41, 5.74) is 3.50. The van der Waals surface area contributed by atoms with E-state index in [0.717, 1.165) is 27.8 Å². The third-order valence-corrected chi connectivity index (χ3v) is 4.66. The maximum atomic E-state index is 14.7. The molecule has 0 spiro atoms. The first-order valence-electron chi connectivity index (χ1n) is 9.38. The Bertz CT molecular complexity index is 1110. The Morgan fingerprint density at radius 3 is 2.72 bits per heavy atom. The summed E-state index contributed by atoms with van der Waals surface area (Å²) in [7, 11) is 0. The smallest absolute Gasteiger partial charge is 0.229 e. The third-order valence-electron chi connectivity index (χ3n) is 4.66. The Hall–Kier alpha value is -3.52. The molecule has 0 aliphatic heterocycles. The first kappa shape index (κ1) is 18.8. The first-order chi connectivity index (χ1) is 14.2. The summed E-state index contributed by atoms with van der Waals surface area (Å²) < 4.78 is 14.7. The van der Waals surface area contributed by atoms with Crippen molar-refractivity contribution >= 4 is 34.0 Å². The summed E-state index contributed by atoms with van der Waals surface area (Å²) in [6.45, 7) is 2.56. The van der Waals surface area contributed by atoms with Crippen LogP contribution >= 0.6 is 0 Å². The van der Waals surface area contributed by atoms with Gasteiger partial charge in [0, 0.05) is 24.2 Å². The number of anilines is 4. The van der Waals surface area contributed by atoms with Gasteiger partial charge in [-0.3, -0.25) is 5.10 Å². The average Bonchev–Trinajstić information content (AvgIpc) is 3.22. The number of aliphatic hydroxyl groups excluding tert-OH is 1. The molecule has 2 aromatic carbocycles. The van der Waals surface area contributed by atoms with Crippen molar-refractivity contribution in [2.24, 2.45) is 0 Å². The van der Waals surface area contributed by atoms with Gasteiger partial charge in [-0.25, -0.2) is 9.37 Å². The van der Waals surface area contributed by atoms with Crippen molar-refractivity contribution in [3.8, 4) is 0 Å². The molecule has 0 bridgehead atoms. The highest BCUT2D eigenvalue weighted by atomic mass is 19.1. The molecule has 0 saturated heterocycles. The summed E-state index contributed by atoms with van der Waals surface area (Å²) in [6.07, 6.45) is 3.49. The zero-order chi connectivity index (χ0) is 20.2. The third kappa shape index (κ3) is 3.88. The fourth-order valence-corrected chi connectivity index (χ4v) is 3.24. The number of hydrogen-bond donors (Lipinski definition) is 3. The van der Waals surface area contributed by atoms with E-state index in [4.69, 9.17) is 5.11 Å². The molecule has 0 aliphatic carbocycles. The van der Waals surface area contributed by atoms with E-state index in [0.29, 0.717) is 18.9 Å². The van der Waals surface area contributed by atoms with Crippen molar-refractivity contribution in [1.82, 2.24) is 20.2 Å². The normalized spacial score (nSPS) is 11.0. The molecule has 148 valence electrons. The fraction of sp³-hybridized carbons (Fsp3) is 0.190. The molecule has 0 aliphatic rings. The highest BCUT2D eigenvalue weighted by Gasteiger charge is 2.18. The number of fused-ring (bicyclic) bond motifs is 1. The predicted molar refractivity (Wildman–Crippen MR) is 111 cm³/mol. The molecule has 29 heavy (non-hydrogen) atoms. The molecule has 0 fully saturated rings. The molecule has 0 radical (unpaired) electrons. The highest BCUT2D eigenvalue weighted by Crippen LogP contribution is 2.32. The van der Waals surface area contributed by atoms with Crippen LogP contribution in [0.15, 0.2) is 54.9 Å². The molecule has 0 unspecified atom stereocenters. The minimum Gasteiger partial charge on any atom is -0.396 e. The van der Waals surface area contributed by atoms with Crippen LogP contribution in [-0.4, -0.2) is 38.4 Å². The molecule has 8 heteroatoms. The zero-order valence-corrected chi connectivity index (χ0v) is 15.9. The maximum absolute atomic E-state index is 14.7. The van der Waals surface area contributed by atoms with Gasteiger partial charge in [-0.15, -0.1) is 0 Å². The van der Waals surface area contributed by atoms with E-state index in [1.165, 1.54) is 6.20 Å². The van der Waals surface area contributed by atoms with Gasteiger partial charge in [0.15, 0.2) is 11.6 Å². The minimum atomic E-state index is -0.504. The zero-order valence-electron chi connectivity index (χ0n) is 15.9. The molecule has 4 aromatic rings. The van der Waals surface area contributed by atoms with E-state index in [9.17, 15) is 4.39 Å². The number of aromatic nitrogens is 4. The number of benzene rings is 2. The van der Waals surface area contributed by atoms with Crippen molar-refractivity contribution in [2.75, 3.05) is 23.4 Å². The maximum Gasteiger partial charge on any atom is 0.229 e. The number of nitrogens with one attached hydrogen (secondary N) is 2. The van der Waals surface area contributed by atoms with Gasteiger partial charge in [0.05, 0.1) is 23.6 Å². The number of rotatable bonds is 7. The lowest BCUT2D eigenvalue weighted by Gasteiger charge is -2.23. The Labute approximate surface area is 167 Å². The van der Waals surface area contributed by atoms with Crippen LogP contribution in [0.2, 0.25) is 0 Å². The molecular weight excluding hydrogens is 371 g/mol. The van der Waals surface area contributed by atoms with Gasteiger partial charge in [-0.2, -0.15) is 10.1 Å².